The highest BCUT2D eigenvalue weighted by Crippen LogP contribution is 2.54. The lowest BCUT2D eigenvalue weighted by Gasteiger charge is -2.56. The molecule has 1 spiro atoms. The zero-order chi connectivity index (χ0) is 46.5. The van der Waals surface area contributed by atoms with Crippen molar-refractivity contribution in [2.75, 3.05) is 43.1 Å². The van der Waals surface area contributed by atoms with Gasteiger partial charge in [0.05, 0.1) is 28.0 Å². The monoisotopic (exact) mass is 931 g/mol. The number of nitrogens with zero attached hydrogens (tertiary/aromatic N) is 4. The van der Waals surface area contributed by atoms with Crippen molar-refractivity contribution in [1.29, 1.82) is 0 Å². The summed E-state index contributed by atoms with van der Waals surface area (Å²) >= 11 is 0. The number of amides is 1. The second-order valence-electron chi connectivity index (χ2n) is 19.6. The van der Waals surface area contributed by atoms with Crippen molar-refractivity contribution in [2.45, 2.75) is 120 Å². The zero-order valence-corrected chi connectivity index (χ0v) is 39.4. The predicted octanol–water partition coefficient (Wildman–Crippen LogP) is 10.2. The van der Waals surface area contributed by atoms with Crippen LogP contribution in [0.1, 0.15) is 125 Å². The maximum absolute atomic E-state index is 14.3. The Bertz CT molecular complexity index is 2770. The molecule has 2 aliphatic carbocycles. The number of aromatic amines is 1. The SMILES string of the molecule is CCOc1nc2[nH]ccc2cc1Oc1cc(N2CCC3(CC2)CC(N2CCC[C@H]2c2ccccc2C(C)C)C3)ccc1C(=O)NS(=O)(=O)c1cc2c(c([N+](=O)[O-])c1)N[C@@H](C1CCCCC1)CO2. The topological polar surface area (TPSA) is 181 Å². The summed E-state index contributed by atoms with van der Waals surface area (Å²) in [4.78, 5) is 38.4. The van der Waals surface area contributed by atoms with Gasteiger partial charge in [0.15, 0.2) is 17.2 Å². The van der Waals surface area contributed by atoms with Gasteiger partial charge in [0.2, 0.25) is 0 Å². The number of ether oxygens (including phenoxy) is 3. The number of aromatic nitrogens is 2. The van der Waals surface area contributed by atoms with Gasteiger partial charge in [-0.1, -0.05) is 57.4 Å². The van der Waals surface area contributed by atoms with E-state index < -0.39 is 31.4 Å². The van der Waals surface area contributed by atoms with Crippen molar-refractivity contribution in [2.24, 2.45) is 11.3 Å². The molecule has 10 rings (SSSR count). The third-order valence-electron chi connectivity index (χ3n) is 15.2. The molecule has 1 amide bonds. The van der Waals surface area contributed by atoms with E-state index in [-0.39, 0.29) is 52.4 Å². The molecule has 354 valence electrons. The summed E-state index contributed by atoms with van der Waals surface area (Å²) in [5, 5.41) is 16.4. The van der Waals surface area contributed by atoms with Gasteiger partial charge in [-0.15, -0.1) is 0 Å². The van der Waals surface area contributed by atoms with Gasteiger partial charge < -0.3 is 29.4 Å². The normalized spacial score (nSPS) is 21.1. The van der Waals surface area contributed by atoms with E-state index in [4.69, 9.17) is 14.2 Å². The molecular weight excluding hydrogens is 871 g/mol. The summed E-state index contributed by atoms with van der Waals surface area (Å²) < 4.78 is 48.7. The molecule has 16 heteroatoms. The molecular formula is C51H61N7O8S. The number of benzene rings is 3. The van der Waals surface area contributed by atoms with E-state index in [1.54, 1.807) is 24.4 Å². The van der Waals surface area contributed by atoms with E-state index in [9.17, 15) is 23.3 Å². The smallest absolute Gasteiger partial charge is 0.297 e. The first-order valence-electron chi connectivity index (χ1n) is 24.2. The average molecular weight is 932 g/mol. The van der Waals surface area contributed by atoms with Crippen molar-refractivity contribution in [3.8, 4) is 23.1 Å². The van der Waals surface area contributed by atoms with E-state index >= 15 is 0 Å². The van der Waals surface area contributed by atoms with Crippen LogP contribution in [0.3, 0.4) is 0 Å². The van der Waals surface area contributed by atoms with Gasteiger partial charge >= 0.3 is 0 Å². The fraction of sp³-hybridized carbons (Fsp3) is 0.490. The van der Waals surface area contributed by atoms with Crippen LogP contribution in [-0.2, 0) is 10.0 Å². The molecule has 5 aliphatic rings. The fourth-order valence-electron chi connectivity index (χ4n) is 11.6. The second kappa shape index (κ2) is 18.3. The van der Waals surface area contributed by atoms with Crippen LogP contribution < -0.4 is 29.1 Å². The van der Waals surface area contributed by atoms with Crippen LogP contribution in [0, 0.1) is 21.4 Å². The summed E-state index contributed by atoms with van der Waals surface area (Å²) in [7, 11) is -4.66. The average Bonchev–Trinajstić information content (AvgIpc) is 4.00. The fourth-order valence-corrected chi connectivity index (χ4v) is 12.6. The highest BCUT2D eigenvalue weighted by atomic mass is 32.2. The van der Waals surface area contributed by atoms with Gasteiger partial charge in [0, 0.05) is 60.6 Å². The quantitative estimate of drug-likeness (QED) is 0.0752. The van der Waals surface area contributed by atoms with Crippen LogP contribution in [0.5, 0.6) is 23.1 Å². The molecule has 2 atom stereocenters. The maximum Gasteiger partial charge on any atom is 0.297 e. The Labute approximate surface area is 392 Å². The number of carbonyl (C=O) groups is 1. The number of pyridine rings is 1. The van der Waals surface area contributed by atoms with E-state index in [0.29, 0.717) is 36.2 Å². The Kier molecular flexibility index (Phi) is 12.3. The number of carbonyl (C=O) groups excluding carboxylic acids is 1. The Morgan fingerprint density at radius 3 is 2.54 bits per heavy atom. The molecule has 0 bridgehead atoms. The molecule has 2 aromatic heterocycles. The molecule has 2 saturated carbocycles. The molecule has 15 nitrogen and oxygen atoms in total. The molecule has 5 aromatic rings. The van der Waals surface area contributed by atoms with E-state index in [1.165, 1.54) is 42.9 Å². The predicted molar refractivity (Wildman–Crippen MR) is 257 cm³/mol. The number of nitrogens with one attached hydrogen (secondary N) is 3. The van der Waals surface area contributed by atoms with Crippen LogP contribution in [0.15, 0.2) is 77.8 Å². The van der Waals surface area contributed by atoms with Crippen molar-refractivity contribution in [3.05, 3.63) is 99.7 Å². The molecule has 67 heavy (non-hydrogen) atoms. The number of fused-ring (bicyclic) bond motifs is 2. The van der Waals surface area contributed by atoms with Gasteiger partial charge in [-0.25, -0.2) is 13.1 Å². The van der Waals surface area contributed by atoms with Gasteiger partial charge in [0.1, 0.15) is 18.0 Å². The number of nitro groups is 1. The van der Waals surface area contributed by atoms with Crippen molar-refractivity contribution < 1.29 is 32.3 Å². The largest absolute Gasteiger partial charge is 0.489 e. The minimum Gasteiger partial charge on any atom is -0.489 e. The van der Waals surface area contributed by atoms with Crippen molar-refractivity contribution >= 4 is 44.0 Å². The number of hydrogen-bond acceptors (Lipinski definition) is 12. The number of H-pyrrole nitrogens is 1. The Morgan fingerprint density at radius 2 is 1.78 bits per heavy atom. The zero-order valence-electron chi connectivity index (χ0n) is 38.6. The third-order valence-corrected chi connectivity index (χ3v) is 16.5. The van der Waals surface area contributed by atoms with E-state index in [0.717, 1.165) is 81.7 Å². The van der Waals surface area contributed by atoms with Gasteiger partial charge in [-0.3, -0.25) is 19.8 Å². The highest BCUT2D eigenvalue weighted by molar-refractivity contribution is 7.90. The first-order chi connectivity index (χ1) is 32.4. The molecule has 2 saturated heterocycles. The highest BCUT2D eigenvalue weighted by Gasteiger charge is 2.50. The van der Waals surface area contributed by atoms with Gasteiger partial charge in [0.25, 0.3) is 27.5 Å². The summed E-state index contributed by atoms with van der Waals surface area (Å²) in [5.41, 5.74) is 4.31. The number of hydrogen-bond donors (Lipinski definition) is 3. The first-order valence-corrected chi connectivity index (χ1v) is 25.7. The van der Waals surface area contributed by atoms with Crippen molar-refractivity contribution in [1.82, 2.24) is 19.6 Å². The molecule has 3 N–H and O–H groups in total. The number of likely N-dealkylation sites (tertiary alicyclic amines) is 1. The van der Waals surface area contributed by atoms with Crippen LogP contribution >= 0.6 is 0 Å². The minimum absolute atomic E-state index is 0.0481. The molecule has 4 fully saturated rings. The lowest BCUT2D eigenvalue weighted by molar-refractivity contribution is -0.384. The first kappa shape index (κ1) is 44.9. The summed E-state index contributed by atoms with van der Waals surface area (Å²) in [6.07, 6.45) is 14.0. The molecule has 3 aromatic carbocycles. The molecule has 5 heterocycles. The van der Waals surface area contributed by atoms with Gasteiger partial charge in [-0.05, 0) is 117 Å². The van der Waals surface area contributed by atoms with Crippen LogP contribution in [0.2, 0.25) is 0 Å². The Balaban J connectivity index is 0.887. The molecule has 3 aliphatic heterocycles. The number of sulfonamides is 1. The molecule has 0 unspecified atom stereocenters. The standard InChI is InChI=1S/C51H61N7O8S/c1-4-64-50-46(25-34-18-21-52-48(34)54-50)66-44-26-35(56-23-19-51(20-24-56)29-36(30-51)57-22-10-15-42(57)39-14-9-8-13-38(39)32(2)3)16-17-40(44)49(59)55-67(62,63)37-27-43(58(60)61)47-45(28-37)65-31-41(53-47)33-11-6-5-7-12-33/h8-9,13-14,16-18,21,25-28,32-33,36,41-42,53H,4-7,10-12,15,19-20,22-24,29-31H2,1-3H3,(H,52,54)(H,55,59)/t41-,42+/m1/s1. The third kappa shape index (κ3) is 8.90. The van der Waals surface area contributed by atoms with Crippen LogP contribution in [-0.4, -0.2) is 79.0 Å². The minimum atomic E-state index is -4.66. The molecule has 0 radical (unpaired) electrons. The second-order valence-corrected chi connectivity index (χ2v) is 21.3. The van der Waals surface area contributed by atoms with E-state index in [2.05, 4.69) is 67.9 Å². The van der Waals surface area contributed by atoms with Gasteiger partial charge in [-0.2, -0.15) is 4.98 Å². The Morgan fingerprint density at radius 1 is 0.985 bits per heavy atom. The number of nitro benzene ring substituents is 1. The number of piperidine rings is 1. The lowest BCUT2D eigenvalue weighted by atomic mass is 9.59. The summed E-state index contributed by atoms with van der Waals surface area (Å²) in [5.74, 6) is 0.419. The number of rotatable bonds is 13. The number of anilines is 2. The van der Waals surface area contributed by atoms with Crippen LogP contribution in [0.4, 0.5) is 17.1 Å². The van der Waals surface area contributed by atoms with Crippen molar-refractivity contribution in [3.63, 3.8) is 0 Å². The van der Waals surface area contributed by atoms with Crippen LogP contribution in [0.25, 0.3) is 11.0 Å². The van der Waals surface area contributed by atoms with E-state index in [1.807, 2.05) is 19.1 Å². The Hall–Kier alpha value is -5.87. The maximum atomic E-state index is 14.3. The lowest BCUT2D eigenvalue weighted by Crippen LogP contribution is -2.54. The summed E-state index contributed by atoms with van der Waals surface area (Å²) in [6, 6.07) is 20.9. The summed E-state index contributed by atoms with van der Waals surface area (Å²) in [6.45, 7) is 9.74.